The molecule has 0 amide bonds. The molecule has 0 unspecified atom stereocenters. The van der Waals surface area contributed by atoms with Gasteiger partial charge < -0.3 is 4.90 Å². The number of hydrogen-bond acceptors (Lipinski definition) is 1. The first kappa shape index (κ1) is 26.8. The van der Waals surface area contributed by atoms with Gasteiger partial charge in [0.05, 0.1) is 5.69 Å². The Hall–Kier alpha value is -3.84. The molecule has 0 aliphatic carbocycles. The van der Waals surface area contributed by atoms with Gasteiger partial charge in [0.15, 0.2) is 0 Å². The summed E-state index contributed by atoms with van der Waals surface area (Å²) in [7, 11) is 0. The van der Waals surface area contributed by atoms with Crippen LogP contribution in [0.1, 0.15) is 45.2 Å². The summed E-state index contributed by atoms with van der Waals surface area (Å²) in [5.74, 6) is 0. The molecule has 0 saturated heterocycles. The molecular formula is C35H39N. The van der Waals surface area contributed by atoms with Gasteiger partial charge in [-0.15, -0.1) is 0 Å². The Bertz CT molecular complexity index is 1310. The van der Waals surface area contributed by atoms with Crippen molar-refractivity contribution in [2.45, 2.75) is 48.0 Å². The van der Waals surface area contributed by atoms with E-state index in [9.17, 15) is 0 Å². The van der Waals surface area contributed by atoms with E-state index in [2.05, 4.69) is 148 Å². The molecule has 5 aromatic rings. The Morgan fingerprint density at radius 3 is 1.58 bits per heavy atom. The zero-order valence-electron chi connectivity index (χ0n) is 22.6. The van der Waals surface area contributed by atoms with Gasteiger partial charge in [0.1, 0.15) is 0 Å². The first-order valence-corrected chi connectivity index (χ1v) is 13.1. The van der Waals surface area contributed by atoms with Crippen molar-refractivity contribution in [3.63, 3.8) is 0 Å². The number of hydrogen-bond donors (Lipinski definition) is 0. The summed E-state index contributed by atoms with van der Waals surface area (Å²) in [6, 6.07) is 41.0. The fourth-order valence-electron chi connectivity index (χ4n) is 4.46. The highest BCUT2D eigenvalue weighted by Crippen LogP contribution is 2.45. The lowest BCUT2D eigenvalue weighted by Gasteiger charge is -2.29. The van der Waals surface area contributed by atoms with Crippen LogP contribution in [0.4, 0.5) is 17.1 Å². The number of anilines is 3. The second kappa shape index (κ2) is 13.3. The quantitative estimate of drug-likeness (QED) is 0.251. The number of aryl methyl sites for hydroxylation is 2. The predicted octanol–water partition coefficient (Wildman–Crippen LogP) is 11.0. The average Bonchev–Trinajstić information content (AvgIpc) is 2.92. The summed E-state index contributed by atoms with van der Waals surface area (Å²) in [4.78, 5) is 2.36. The van der Waals surface area contributed by atoms with Crippen LogP contribution in [-0.4, -0.2) is 0 Å². The van der Waals surface area contributed by atoms with Crippen LogP contribution in [0.5, 0.6) is 0 Å². The lowest BCUT2D eigenvalue weighted by atomic mass is 9.89. The van der Waals surface area contributed by atoms with Crippen molar-refractivity contribution in [3.8, 4) is 11.1 Å². The van der Waals surface area contributed by atoms with Crippen LogP contribution in [-0.2, 0) is 0 Å². The Balaban J connectivity index is 0.000000674. The van der Waals surface area contributed by atoms with E-state index in [4.69, 9.17) is 0 Å². The van der Waals surface area contributed by atoms with Crippen LogP contribution in [0, 0.1) is 13.8 Å². The van der Waals surface area contributed by atoms with E-state index < -0.39 is 0 Å². The molecule has 1 nitrogen and oxygen atoms in total. The smallest absolute Gasteiger partial charge is 0.0543 e. The van der Waals surface area contributed by atoms with E-state index >= 15 is 0 Å². The number of nitrogens with zero attached hydrogens (tertiary/aromatic N) is 1. The van der Waals surface area contributed by atoms with Crippen molar-refractivity contribution in [2.75, 3.05) is 4.90 Å². The SMILES string of the molecule is CC.CCC.Cc1cccc(N(c2ccccc2)c2ccccc2)c1-c1c(C)ccc2ccccc12. The standard InChI is InChI=1S/C30H25N.C3H8.C2H6/c1-22-12-11-19-28(30(22)29-23(2)20-21-24-13-9-10-18-27(24)29)31(25-14-5-3-6-15-25)26-16-7-4-8-17-26;1-3-2;1-2/h3-21H,1-2H3;3H2,1-2H3;1-2H3. The Morgan fingerprint density at radius 2 is 1.00 bits per heavy atom. The minimum Gasteiger partial charge on any atom is -0.310 e. The van der Waals surface area contributed by atoms with E-state index in [0.717, 1.165) is 11.4 Å². The maximum atomic E-state index is 2.36. The molecule has 0 radical (unpaired) electrons. The molecule has 0 heterocycles. The molecule has 36 heavy (non-hydrogen) atoms. The maximum Gasteiger partial charge on any atom is 0.0543 e. The molecule has 5 aromatic carbocycles. The maximum absolute atomic E-state index is 2.36. The largest absolute Gasteiger partial charge is 0.310 e. The Labute approximate surface area is 218 Å². The molecule has 0 fully saturated rings. The van der Waals surface area contributed by atoms with Gasteiger partial charge in [-0.25, -0.2) is 0 Å². The van der Waals surface area contributed by atoms with Gasteiger partial charge in [-0.3, -0.25) is 0 Å². The zero-order valence-corrected chi connectivity index (χ0v) is 22.6. The molecular weight excluding hydrogens is 434 g/mol. The van der Waals surface area contributed by atoms with Crippen LogP contribution in [0.3, 0.4) is 0 Å². The number of para-hydroxylation sites is 2. The Morgan fingerprint density at radius 1 is 0.500 bits per heavy atom. The van der Waals surface area contributed by atoms with Gasteiger partial charge in [-0.1, -0.05) is 119 Å². The van der Waals surface area contributed by atoms with Crippen molar-refractivity contribution in [3.05, 3.63) is 126 Å². The molecule has 1 heteroatoms. The molecule has 0 atom stereocenters. The summed E-state index contributed by atoms with van der Waals surface area (Å²) < 4.78 is 0. The fraction of sp³-hybridized carbons (Fsp3) is 0.200. The lowest BCUT2D eigenvalue weighted by Crippen LogP contribution is -2.11. The van der Waals surface area contributed by atoms with E-state index in [1.165, 1.54) is 45.1 Å². The molecule has 0 saturated carbocycles. The highest BCUT2D eigenvalue weighted by atomic mass is 15.1. The van der Waals surface area contributed by atoms with Crippen LogP contribution in [0.25, 0.3) is 21.9 Å². The summed E-state index contributed by atoms with van der Waals surface area (Å²) in [6.07, 6.45) is 1.25. The van der Waals surface area contributed by atoms with E-state index in [1.807, 2.05) is 13.8 Å². The number of fused-ring (bicyclic) bond motifs is 1. The molecule has 0 bridgehead atoms. The average molecular weight is 474 g/mol. The minimum atomic E-state index is 1.15. The van der Waals surface area contributed by atoms with Gasteiger partial charge in [-0.2, -0.15) is 0 Å². The number of rotatable bonds is 4. The molecule has 0 aliphatic heterocycles. The van der Waals surface area contributed by atoms with Gasteiger partial charge in [0.2, 0.25) is 0 Å². The fourth-order valence-corrected chi connectivity index (χ4v) is 4.46. The Kier molecular flexibility index (Phi) is 9.89. The van der Waals surface area contributed by atoms with E-state index in [1.54, 1.807) is 0 Å². The van der Waals surface area contributed by atoms with Gasteiger partial charge >= 0.3 is 0 Å². The van der Waals surface area contributed by atoms with E-state index in [0.29, 0.717) is 0 Å². The minimum absolute atomic E-state index is 1.15. The normalized spacial score (nSPS) is 10.1. The van der Waals surface area contributed by atoms with Crippen molar-refractivity contribution in [1.29, 1.82) is 0 Å². The number of benzene rings is 5. The third kappa shape index (κ3) is 5.86. The lowest BCUT2D eigenvalue weighted by molar-refractivity contribution is 1.09. The highest BCUT2D eigenvalue weighted by molar-refractivity contribution is 6.03. The van der Waals surface area contributed by atoms with Gasteiger partial charge in [0, 0.05) is 16.9 Å². The summed E-state index contributed by atoms with van der Waals surface area (Å²) in [5, 5.41) is 2.56. The second-order valence-electron chi connectivity index (χ2n) is 8.66. The van der Waals surface area contributed by atoms with Crippen molar-refractivity contribution in [2.24, 2.45) is 0 Å². The third-order valence-electron chi connectivity index (χ3n) is 5.91. The summed E-state index contributed by atoms with van der Waals surface area (Å²) in [6.45, 7) is 12.7. The second-order valence-corrected chi connectivity index (χ2v) is 8.66. The molecule has 184 valence electrons. The van der Waals surface area contributed by atoms with Crippen LogP contribution in [0.15, 0.2) is 115 Å². The van der Waals surface area contributed by atoms with Crippen LogP contribution >= 0.6 is 0 Å². The first-order chi connectivity index (χ1) is 17.7. The van der Waals surface area contributed by atoms with Crippen molar-refractivity contribution >= 4 is 27.8 Å². The molecule has 5 rings (SSSR count). The highest BCUT2D eigenvalue weighted by Gasteiger charge is 2.20. The van der Waals surface area contributed by atoms with E-state index in [-0.39, 0.29) is 0 Å². The monoisotopic (exact) mass is 473 g/mol. The summed E-state index contributed by atoms with van der Waals surface area (Å²) >= 11 is 0. The van der Waals surface area contributed by atoms with Crippen LogP contribution in [0.2, 0.25) is 0 Å². The van der Waals surface area contributed by atoms with Crippen molar-refractivity contribution in [1.82, 2.24) is 0 Å². The van der Waals surface area contributed by atoms with Crippen LogP contribution < -0.4 is 4.90 Å². The van der Waals surface area contributed by atoms with Gasteiger partial charge in [0.25, 0.3) is 0 Å². The molecule has 0 N–H and O–H groups in total. The first-order valence-electron chi connectivity index (χ1n) is 13.1. The topological polar surface area (TPSA) is 3.24 Å². The molecule has 0 aromatic heterocycles. The molecule has 0 aliphatic rings. The van der Waals surface area contributed by atoms with Crippen molar-refractivity contribution < 1.29 is 0 Å². The summed E-state index contributed by atoms with van der Waals surface area (Å²) in [5.41, 5.74) is 8.64. The zero-order chi connectivity index (χ0) is 25.9. The molecule has 0 spiro atoms. The predicted molar refractivity (Wildman–Crippen MR) is 161 cm³/mol. The van der Waals surface area contributed by atoms with Gasteiger partial charge in [-0.05, 0) is 71.6 Å². The third-order valence-corrected chi connectivity index (χ3v) is 5.91.